The molecule has 11 rings (SSSR count). The molecule has 3 N–H and O–H groups in total. The van der Waals surface area contributed by atoms with E-state index >= 15 is 13.2 Å². The summed E-state index contributed by atoms with van der Waals surface area (Å²) in [6.45, 7) is 4.50. The Bertz CT molecular complexity index is 3160. The van der Waals surface area contributed by atoms with Crippen molar-refractivity contribution in [2.24, 2.45) is 7.05 Å². The van der Waals surface area contributed by atoms with E-state index in [9.17, 15) is 14.4 Å². The maximum absolute atomic E-state index is 15.7. The van der Waals surface area contributed by atoms with Crippen molar-refractivity contribution in [3.05, 3.63) is 130 Å². The zero-order valence-electron chi connectivity index (χ0n) is 39.8. The van der Waals surface area contributed by atoms with E-state index in [-0.39, 0.29) is 48.9 Å². The minimum atomic E-state index is -3.20. The third-order valence-electron chi connectivity index (χ3n) is 14.9. The molecule has 368 valence electrons. The standard InChI is InChI=1S/C53H56F3N11O4/c1-63-38(26-42-40(13-17-57-50(42)63)35-7-10-45-47(23-35)60-48(59-45)30-71-2)28-64-18-14-33(15-19-64)32-3-5-34(6-4-32)52(70)66-21-22-67-39(29-66)24-37(62-67)27-65-20-16-43(53(55,56)31-65)41-9-8-36(25-44(41)54)58-46-11-12-49(68)61-51(46)69/h3-10,13,17,23-26,33,43,46,58H,11-12,14-16,18-22,27-31H2,1-2H3,(H,59,60)(H,61,68,69). The number of hydrogen-bond donors (Lipinski definition) is 3. The molecular weight excluding hydrogens is 912 g/mol. The number of nitrogens with one attached hydrogen (secondary N) is 3. The van der Waals surface area contributed by atoms with Gasteiger partial charge in [-0.25, -0.2) is 23.1 Å². The summed E-state index contributed by atoms with van der Waals surface area (Å²) in [5, 5.41) is 11.0. The second-order valence-electron chi connectivity index (χ2n) is 19.6. The summed E-state index contributed by atoms with van der Waals surface area (Å²) in [6, 6.07) is 23.9. The van der Waals surface area contributed by atoms with Gasteiger partial charge < -0.3 is 24.5 Å². The molecule has 2 atom stereocenters. The van der Waals surface area contributed by atoms with Gasteiger partial charge in [0.1, 0.15) is 29.9 Å². The number of likely N-dealkylation sites (tertiary alicyclic amines) is 2. The number of aromatic amines is 1. The molecule has 4 aliphatic heterocycles. The molecule has 0 spiro atoms. The highest BCUT2D eigenvalue weighted by Crippen LogP contribution is 2.42. The number of alkyl halides is 2. The Morgan fingerprint density at radius 2 is 1.72 bits per heavy atom. The quantitative estimate of drug-likeness (QED) is 0.105. The van der Waals surface area contributed by atoms with Crippen molar-refractivity contribution >= 4 is 45.5 Å². The van der Waals surface area contributed by atoms with Crippen LogP contribution in [-0.2, 0) is 54.2 Å². The number of methoxy groups -OCH3 is 1. The number of ether oxygens (including phenoxy) is 1. The number of rotatable bonds is 12. The molecule has 4 aromatic heterocycles. The number of hydrogen-bond acceptors (Lipinski definition) is 10. The van der Waals surface area contributed by atoms with Crippen LogP contribution in [0.4, 0.5) is 18.9 Å². The number of imide groups is 1. The number of aromatic nitrogens is 6. The van der Waals surface area contributed by atoms with E-state index in [1.165, 1.54) is 23.4 Å². The molecule has 15 nitrogen and oxygen atoms in total. The summed E-state index contributed by atoms with van der Waals surface area (Å²) in [5.74, 6) is -5.00. The van der Waals surface area contributed by atoms with Crippen molar-refractivity contribution in [1.29, 1.82) is 0 Å². The highest BCUT2D eigenvalue weighted by molar-refractivity contribution is 6.01. The topological polar surface area (TPSA) is 159 Å². The number of carbonyl (C=O) groups excluding carboxylic acids is 3. The molecule has 3 fully saturated rings. The number of fused-ring (bicyclic) bond motifs is 3. The highest BCUT2D eigenvalue weighted by Gasteiger charge is 2.46. The Kier molecular flexibility index (Phi) is 12.5. The first-order valence-corrected chi connectivity index (χ1v) is 24.4. The average molecular weight is 968 g/mol. The molecule has 7 aromatic rings. The lowest BCUT2D eigenvalue weighted by Gasteiger charge is -2.38. The Hall–Kier alpha value is -6.89. The highest BCUT2D eigenvalue weighted by atomic mass is 19.3. The zero-order valence-corrected chi connectivity index (χ0v) is 39.8. The molecule has 3 amide bonds. The number of imidazole rings is 1. The van der Waals surface area contributed by atoms with Crippen LogP contribution in [0.1, 0.15) is 88.3 Å². The zero-order chi connectivity index (χ0) is 49.0. The van der Waals surface area contributed by atoms with E-state index in [0.717, 1.165) is 83.3 Å². The van der Waals surface area contributed by atoms with Crippen LogP contribution < -0.4 is 10.6 Å². The van der Waals surface area contributed by atoms with Gasteiger partial charge in [-0.05, 0) is 128 Å². The van der Waals surface area contributed by atoms with E-state index in [1.54, 1.807) is 12.0 Å². The first-order valence-electron chi connectivity index (χ1n) is 24.4. The number of nitrogens with zero attached hydrogens (tertiary/aromatic N) is 8. The van der Waals surface area contributed by atoms with E-state index in [0.29, 0.717) is 50.0 Å². The van der Waals surface area contributed by atoms with Crippen LogP contribution in [0.25, 0.3) is 33.2 Å². The van der Waals surface area contributed by atoms with Crippen LogP contribution in [0, 0.1) is 5.82 Å². The van der Waals surface area contributed by atoms with Crippen molar-refractivity contribution in [2.75, 3.05) is 45.2 Å². The number of aryl methyl sites for hydroxylation is 1. The van der Waals surface area contributed by atoms with Crippen LogP contribution in [0.5, 0.6) is 0 Å². The molecule has 71 heavy (non-hydrogen) atoms. The third kappa shape index (κ3) is 9.43. The fraction of sp³-hybridized carbons (Fsp3) is 0.396. The fourth-order valence-electron chi connectivity index (χ4n) is 11.1. The molecule has 0 radical (unpaired) electrons. The molecule has 8 heterocycles. The van der Waals surface area contributed by atoms with Crippen molar-refractivity contribution in [2.45, 2.75) is 88.7 Å². The summed E-state index contributed by atoms with van der Waals surface area (Å²) < 4.78 is 56.2. The number of pyridine rings is 1. The van der Waals surface area contributed by atoms with Gasteiger partial charge in [-0.2, -0.15) is 5.10 Å². The summed E-state index contributed by atoms with van der Waals surface area (Å²) in [6.07, 6.45) is 4.38. The van der Waals surface area contributed by atoms with Crippen LogP contribution in [0.2, 0.25) is 0 Å². The number of H-pyrrole nitrogens is 1. The molecule has 3 saturated heterocycles. The smallest absolute Gasteiger partial charge is 0.267 e. The SMILES string of the molecule is COCc1nc2ccc(-c3ccnc4c3cc(CN3CCC(c5ccc(C(=O)N6CCn7nc(CN8CCC(c9ccc(NC%10CCC(=O)NC%10=O)cc9F)C(F)(F)C8)cc7C6)cc5)CC3)n4C)cc2[nH]1. The molecule has 0 aliphatic carbocycles. The predicted octanol–water partition coefficient (Wildman–Crippen LogP) is 7.48. The van der Waals surface area contributed by atoms with Crippen LogP contribution in [-0.4, -0.2) is 114 Å². The molecule has 2 unspecified atom stereocenters. The second-order valence-corrected chi connectivity index (χ2v) is 19.6. The lowest BCUT2D eigenvalue weighted by Crippen LogP contribution is -2.47. The maximum Gasteiger partial charge on any atom is 0.267 e. The minimum Gasteiger partial charge on any atom is -0.377 e. The van der Waals surface area contributed by atoms with Gasteiger partial charge in [0.2, 0.25) is 11.8 Å². The fourth-order valence-corrected chi connectivity index (χ4v) is 11.1. The minimum absolute atomic E-state index is 0.0485. The van der Waals surface area contributed by atoms with E-state index in [2.05, 4.69) is 73.5 Å². The molecule has 4 aliphatic rings. The van der Waals surface area contributed by atoms with E-state index in [4.69, 9.17) is 14.8 Å². The van der Waals surface area contributed by atoms with E-state index < -0.39 is 36.2 Å². The lowest BCUT2D eigenvalue weighted by molar-refractivity contribution is -0.133. The predicted molar refractivity (Wildman–Crippen MR) is 261 cm³/mol. The Balaban J connectivity index is 0.664. The van der Waals surface area contributed by atoms with Crippen molar-refractivity contribution in [3.8, 4) is 11.1 Å². The Labute approximate surface area is 408 Å². The van der Waals surface area contributed by atoms with Gasteiger partial charge in [-0.15, -0.1) is 0 Å². The van der Waals surface area contributed by atoms with Gasteiger partial charge in [0, 0.05) is 68.7 Å². The summed E-state index contributed by atoms with van der Waals surface area (Å²) in [5.41, 5.74) is 9.87. The lowest BCUT2D eigenvalue weighted by atomic mass is 9.85. The van der Waals surface area contributed by atoms with Crippen LogP contribution in [0.3, 0.4) is 0 Å². The first kappa shape index (κ1) is 46.5. The molecule has 18 heteroatoms. The number of carbonyl (C=O) groups is 3. The molecule has 0 bridgehead atoms. The summed E-state index contributed by atoms with van der Waals surface area (Å²) in [7, 11) is 3.76. The van der Waals surface area contributed by atoms with Crippen molar-refractivity contribution < 1.29 is 32.3 Å². The number of piperidine rings is 3. The third-order valence-corrected chi connectivity index (χ3v) is 14.9. The first-order chi connectivity index (χ1) is 34.3. The molecule has 0 saturated carbocycles. The Morgan fingerprint density at radius 1 is 0.901 bits per heavy atom. The Morgan fingerprint density at radius 3 is 2.49 bits per heavy atom. The van der Waals surface area contributed by atoms with Gasteiger partial charge >= 0.3 is 0 Å². The molecule has 3 aromatic carbocycles. The van der Waals surface area contributed by atoms with Gasteiger partial charge in [0.15, 0.2) is 0 Å². The molecular formula is C53H56F3N11O4. The van der Waals surface area contributed by atoms with Crippen molar-refractivity contribution in [3.63, 3.8) is 0 Å². The normalized spacial score (nSPS) is 20.2. The second kappa shape index (κ2) is 19.0. The van der Waals surface area contributed by atoms with Gasteiger partial charge in [-0.3, -0.25) is 34.2 Å². The number of halogens is 3. The van der Waals surface area contributed by atoms with E-state index in [1.807, 2.05) is 40.0 Å². The van der Waals surface area contributed by atoms with Gasteiger partial charge in [0.25, 0.3) is 11.8 Å². The average Bonchev–Trinajstić information content (AvgIpc) is 4.06. The van der Waals surface area contributed by atoms with Gasteiger partial charge in [0.05, 0.1) is 48.0 Å². The maximum atomic E-state index is 15.7. The summed E-state index contributed by atoms with van der Waals surface area (Å²) in [4.78, 5) is 56.2. The monoisotopic (exact) mass is 967 g/mol. The van der Waals surface area contributed by atoms with Crippen LogP contribution in [0.15, 0.2) is 85.1 Å². The number of amides is 3. The largest absolute Gasteiger partial charge is 0.377 e. The summed E-state index contributed by atoms with van der Waals surface area (Å²) >= 11 is 0. The number of benzene rings is 3. The van der Waals surface area contributed by atoms with Crippen molar-refractivity contribution in [1.82, 2.24) is 49.3 Å². The van der Waals surface area contributed by atoms with Crippen LogP contribution >= 0.6 is 0 Å². The number of anilines is 1. The van der Waals surface area contributed by atoms with Gasteiger partial charge in [-0.1, -0.05) is 24.3 Å².